The summed E-state index contributed by atoms with van der Waals surface area (Å²) in [5.74, 6) is -0.713. The molecule has 6 heteroatoms. The first-order chi connectivity index (χ1) is 10.5. The van der Waals surface area contributed by atoms with Gasteiger partial charge in [-0.15, -0.1) is 0 Å². The number of hydrogen-bond donors (Lipinski definition) is 0. The van der Waals surface area contributed by atoms with Crippen molar-refractivity contribution in [1.82, 2.24) is 9.13 Å². The predicted octanol–water partition coefficient (Wildman–Crippen LogP) is 0.872. The molecule has 0 radical (unpaired) electrons. The van der Waals surface area contributed by atoms with Crippen molar-refractivity contribution in [3.05, 3.63) is 68.0 Å². The molecule has 2 heterocycles. The van der Waals surface area contributed by atoms with Gasteiger partial charge in [0.05, 0.1) is 11.3 Å². The van der Waals surface area contributed by atoms with Gasteiger partial charge in [-0.25, -0.2) is 9.59 Å². The van der Waals surface area contributed by atoms with Gasteiger partial charge in [0.1, 0.15) is 0 Å². The number of aromatic nitrogens is 2. The molecule has 0 unspecified atom stereocenters. The largest absolute Gasteiger partial charge is 0.415 e. The number of carbonyl (C=O) groups excluding carboxylic acids is 1. The van der Waals surface area contributed by atoms with Crippen molar-refractivity contribution < 1.29 is 9.53 Å². The van der Waals surface area contributed by atoms with E-state index >= 15 is 0 Å². The van der Waals surface area contributed by atoms with Gasteiger partial charge in [-0.1, -0.05) is 30.4 Å². The molecule has 112 valence electrons. The molecule has 0 saturated carbocycles. The minimum atomic E-state index is -0.612. The number of carbonyl (C=O) groups is 1. The van der Waals surface area contributed by atoms with E-state index in [1.807, 2.05) is 6.07 Å². The van der Waals surface area contributed by atoms with Crippen molar-refractivity contribution in [3.63, 3.8) is 0 Å². The van der Waals surface area contributed by atoms with Crippen molar-refractivity contribution >= 4 is 12.0 Å². The Bertz CT molecular complexity index is 919. The maximum Gasteiger partial charge on any atom is 0.344 e. The highest BCUT2D eigenvalue weighted by Gasteiger charge is 2.22. The first-order valence-electron chi connectivity index (χ1n) is 6.77. The van der Waals surface area contributed by atoms with E-state index in [4.69, 9.17) is 4.74 Å². The highest BCUT2D eigenvalue weighted by atomic mass is 16.5. The minimum Gasteiger partial charge on any atom is -0.415 e. The van der Waals surface area contributed by atoms with Crippen LogP contribution in [0.4, 0.5) is 0 Å². The Balaban J connectivity index is 2.28. The summed E-state index contributed by atoms with van der Waals surface area (Å²) in [6.45, 7) is 0. The fourth-order valence-electron chi connectivity index (χ4n) is 2.46. The fraction of sp³-hybridized carbons (Fsp3) is 0.188. The van der Waals surface area contributed by atoms with Crippen molar-refractivity contribution in [3.8, 4) is 5.75 Å². The zero-order chi connectivity index (χ0) is 15.9. The van der Waals surface area contributed by atoms with Crippen molar-refractivity contribution in [2.75, 3.05) is 0 Å². The van der Waals surface area contributed by atoms with Crippen LogP contribution in [0, 0.1) is 0 Å². The molecule has 6 nitrogen and oxygen atoms in total. The number of esters is 1. The number of allylic oxidation sites excluding steroid dienone is 1. The smallest absolute Gasteiger partial charge is 0.344 e. The van der Waals surface area contributed by atoms with Crippen LogP contribution < -0.4 is 16.0 Å². The fourth-order valence-corrected chi connectivity index (χ4v) is 2.46. The lowest BCUT2D eigenvalue weighted by Gasteiger charge is -2.13. The third-order valence-electron chi connectivity index (χ3n) is 3.72. The molecule has 0 aliphatic carbocycles. The van der Waals surface area contributed by atoms with Crippen LogP contribution in [0.25, 0.3) is 6.08 Å². The zero-order valence-corrected chi connectivity index (χ0v) is 12.2. The van der Waals surface area contributed by atoms with Gasteiger partial charge in [0.25, 0.3) is 5.56 Å². The summed E-state index contributed by atoms with van der Waals surface area (Å²) in [6, 6.07) is 6.97. The lowest BCUT2D eigenvalue weighted by Crippen LogP contribution is -2.39. The summed E-state index contributed by atoms with van der Waals surface area (Å²) >= 11 is 0. The Morgan fingerprint density at radius 1 is 1.05 bits per heavy atom. The summed E-state index contributed by atoms with van der Waals surface area (Å²) in [7, 11) is 2.91. The van der Waals surface area contributed by atoms with Crippen LogP contribution in [-0.2, 0) is 20.5 Å². The molecule has 0 N–H and O–H groups in total. The van der Waals surface area contributed by atoms with Crippen molar-refractivity contribution in [2.45, 2.75) is 6.42 Å². The third kappa shape index (κ3) is 2.09. The Kier molecular flexibility index (Phi) is 3.29. The molecule has 0 bridgehead atoms. The molecule has 3 rings (SSSR count). The number of rotatable bonds is 0. The van der Waals surface area contributed by atoms with Crippen LogP contribution >= 0.6 is 0 Å². The summed E-state index contributed by atoms with van der Waals surface area (Å²) in [6.07, 6.45) is 3.91. The van der Waals surface area contributed by atoms with Gasteiger partial charge >= 0.3 is 11.7 Å². The summed E-state index contributed by atoms with van der Waals surface area (Å²) in [4.78, 5) is 36.6. The average molecular weight is 298 g/mol. The first-order valence-corrected chi connectivity index (χ1v) is 6.77. The Morgan fingerprint density at radius 3 is 2.55 bits per heavy atom. The predicted molar refractivity (Wildman–Crippen MR) is 81.1 cm³/mol. The molecule has 1 aromatic carbocycles. The zero-order valence-electron chi connectivity index (χ0n) is 12.2. The topological polar surface area (TPSA) is 70.3 Å². The lowest BCUT2D eigenvalue weighted by molar-refractivity contribution is 0.0728. The monoisotopic (exact) mass is 298 g/mol. The van der Waals surface area contributed by atoms with Gasteiger partial charge in [-0.2, -0.15) is 0 Å². The van der Waals surface area contributed by atoms with E-state index in [1.54, 1.807) is 37.4 Å². The van der Waals surface area contributed by atoms with Gasteiger partial charge in [0.2, 0.25) is 5.75 Å². The normalized spacial score (nSPS) is 14.9. The molecule has 0 spiro atoms. The van der Waals surface area contributed by atoms with Crippen LogP contribution in [0.5, 0.6) is 5.75 Å². The van der Waals surface area contributed by atoms with E-state index in [0.717, 1.165) is 4.57 Å². The maximum atomic E-state index is 12.3. The second kappa shape index (κ2) is 5.14. The Labute approximate surface area is 125 Å². The molecule has 0 atom stereocenters. The van der Waals surface area contributed by atoms with Crippen LogP contribution in [0.3, 0.4) is 0 Å². The minimum absolute atomic E-state index is 0.101. The number of benzene rings is 1. The SMILES string of the molecule is Cn1c2c(c(=O)n(C)c1=O)OC(=O)c1ccccc1/C=C\C2. The van der Waals surface area contributed by atoms with Gasteiger partial charge in [-0.05, 0) is 11.6 Å². The quantitative estimate of drug-likeness (QED) is 0.677. The summed E-state index contributed by atoms with van der Waals surface area (Å²) in [5.41, 5.74) is 0.402. The van der Waals surface area contributed by atoms with Gasteiger partial charge in [0.15, 0.2) is 0 Å². The van der Waals surface area contributed by atoms with E-state index in [2.05, 4.69) is 0 Å². The van der Waals surface area contributed by atoms with E-state index in [1.165, 1.54) is 11.6 Å². The standard InChI is InChI=1S/C16H14N2O4/c1-17-12-9-5-7-10-6-3-4-8-11(10)15(20)22-13(12)14(19)18(2)16(17)21/h3-8H,9H2,1-2H3/b7-5-. The summed E-state index contributed by atoms with van der Waals surface area (Å²) < 4.78 is 7.57. The second-order valence-electron chi connectivity index (χ2n) is 5.06. The number of nitrogens with zero attached hydrogens (tertiary/aromatic N) is 2. The maximum absolute atomic E-state index is 12.3. The molecule has 1 aromatic heterocycles. The molecular formula is C16H14N2O4. The van der Waals surface area contributed by atoms with Gasteiger partial charge < -0.3 is 4.74 Å². The number of ether oxygens (including phenoxy) is 1. The van der Waals surface area contributed by atoms with E-state index in [-0.39, 0.29) is 5.75 Å². The molecule has 1 aliphatic heterocycles. The molecule has 22 heavy (non-hydrogen) atoms. The van der Waals surface area contributed by atoms with Gasteiger partial charge in [-0.3, -0.25) is 13.9 Å². The van der Waals surface area contributed by atoms with Crippen LogP contribution in [0.1, 0.15) is 21.6 Å². The summed E-state index contributed by atoms with van der Waals surface area (Å²) in [5, 5.41) is 0. The van der Waals surface area contributed by atoms with Gasteiger partial charge in [0, 0.05) is 20.5 Å². The third-order valence-corrected chi connectivity index (χ3v) is 3.72. The second-order valence-corrected chi connectivity index (χ2v) is 5.06. The van der Waals surface area contributed by atoms with E-state index in [9.17, 15) is 14.4 Å². The van der Waals surface area contributed by atoms with Crippen molar-refractivity contribution in [1.29, 1.82) is 0 Å². The van der Waals surface area contributed by atoms with E-state index < -0.39 is 17.2 Å². The molecule has 0 fully saturated rings. The Hall–Kier alpha value is -2.89. The highest BCUT2D eigenvalue weighted by Crippen LogP contribution is 2.20. The molecule has 0 amide bonds. The number of hydrogen-bond acceptors (Lipinski definition) is 4. The van der Waals surface area contributed by atoms with Crippen LogP contribution in [-0.4, -0.2) is 15.1 Å². The molecular weight excluding hydrogens is 284 g/mol. The lowest BCUT2D eigenvalue weighted by atomic mass is 10.1. The average Bonchev–Trinajstić information content (AvgIpc) is 2.59. The van der Waals surface area contributed by atoms with E-state index in [0.29, 0.717) is 23.2 Å². The molecule has 0 saturated heterocycles. The first kappa shape index (κ1) is 14.1. The Morgan fingerprint density at radius 2 is 1.77 bits per heavy atom. The van der Waals surface area contributed by atoms with Crippen LogP contribution in [0.2, 0.25) is 0 Å². The molecule has 2 aromatic rings. The van der Waals surface area contributed by atoms with Crippen LogP contribution in [0.15, 0.2) is 39.9 Å². The highest BCUT2D eigenvalue weighted by molar-refractivity contribution is 5.95. The van der Waals surface area contributed by atoms with Crippen molar-refractivity contribution in [2.24, 2.45) is 14.1 Å². The number of fused-ring (bicyclic) bond motifs is 2. The molecule has 1 aliphatic rings.